The average molecular weight is 581 g/mol. The van der Waals surface area contributed by atoms with Gasteiger partial charge in [0.05, 0.1) is 24.7 Å². The molecule has 2 aromatic carbocycles. The van der Waals surface area contributed by atoms with E-state index < -0.39 is 67.2 Å². The Balaban J connectivity index is 1.59. The van der Waals surface area contributed by atoms with Crippen molar-refractivity contribution in [2.75, 3.05) is 13.2 Å². The number of carboxylic acids is 1. The van der Waals surface area contributed by atoms with E-state index in [1.807, 2.05) is 0 Å². The normalized spacial score (nSPS) is 22.9. The van der Waals surface area contributed by atoms with Gasteiger partial charge >= 0.3 is 5.97 Å². The zero-order valence-corrected chi connectivity index (χ0v) is 20.9. The number of carbonyl (C=O) groups is 1. The highest BCUT2D eigenvalue weighted by atomic mass is 35.5. The van der Waals surface area contributed by atoms with Gasteiger partial charge in [0.25, 0.3) is 0 Å². The second-order valence-corrected chi connectivity index (χ2v) is 9.25. The van der Waals surface area contributed by atoms with Crippen LogP contribution < -0.4 is 0 Å². The summed E-state index contributed by atoms with van der Waals surface area (Å²) in [4.78, 5) is 11.4. The number of ether oxygens (including phenoxy) is 2. The third-order valence-corrected chi connectivity index (χ3v) is 6.51. The summed E-state index contributed by atoms with van der Waals surface area (Å²) in [6, 6.07) is 6.88. The van der Waals surface area contributed by atoms with Gasteiger partial charge in [-0.2, -0.15) is 0 Å². The Bertz CT molecular complexity index is 1510. The zero-order valence-electron chi connectivity index (χ0n) is 20.2. The summed E-state index contributed by atoms with van der Waals surface area (Å²) < 4.78 is 55.1. The van der Waals surface area contributed by atoms with Crippen LogP contribution in [0.2, 0.25) is 5.02 Å². The molecule has 3 heterocycles. The Kier molecular flexibility index (Phi) is 7.82. The van der Waals surface area contributed by atoms with Gasteiger partial charge in [0.1, 0.15) is 36.7 Å². The number of benzene rings is 2. The molecule has 1 aliphatic rings. The van der Waals surface area contributed by atoms with Crippen molar-refractivity contribution in [3.8, 4) is 22.5 Å². The molecule has 5 atom stereocenters. The standard InChI is InChI=1S/C24H20ClF3N6O6/c25-13-3-1-2-11(4-13)17-7-29-31-34(17)24-23(39-10-19(36)37)21(22(38)18(9-35)40-24)33-8-16(30-32-33)12-5-14(26)20(28)15(27)6-12/h1-8,18,21-24,35,38H,9-10H2,(H,36,37)/t18-,21+,22+,23-,24-/m1/s1. The van der Waals surface area contributed by atoms with Crippen LogP contribution in [0.15, 0.2) is 48.8 Å². The van der Waals surface area contributed by atoms with E-state index in [2.05, 4.69) is 20.6 Å². The van der Waals surface area contributed by atoms with Gasteiger partial charge in [0, 0.05) is 16.1 Å². The zero-order chi connectivity index (χ0) is 28.6. The Hall–Kier alpha value is -3.89. The number of hydrogen-bond acceptors (Lipinski definition) is 9. The number of hydrogen-bond donors (Lipinski definition) is 3. The lowest BCUT2D eigenvalue weighted by atomic mass is 9.95. The summed E-state index contributed by atoms with van der Waals surface area (Å²) in [5, 5.41) is 46.7. The summed E-state index contributed by atoms with van der Waals surface area (Å²) in [6.45, 7) is -1.49. The van der Waals surface area contributed by atoms with Crippen LogP contribution in [-0.4, -0.2) is 82.8 Å². The maximum atomic E-state index is 13.8. The lowest BCUT2D eigenvalue weighted by Crippen LogP contribution is -2.55. The molecular formula is C24H20ClF3N6O6. The molecule has 0 saturated carbocycles. The van der Waals surface area contributed by atoms with Crippen LogP contribution in [0.25, 0.3) is 22.5 Å². The second kappa shape index (κ2) is 11.3. The van der Waals surface area contributed by atoms with Gasteiger partial charge in [0.2, 0.25) is 0 Å². The molecule has 0 bridgehead atoms. The predicted molar refractivity (Wildman–Crippen MR) is 129 cm³/mol. The number of rotatable bonds is 8. The smallest absolute Gasteiger partial charge is 0.329 e. The molecule has 12 nitrogen and oxygen atoms in total. The fourth-order valence-corrected chi connectivity index (χ4v) is 4.66. The van der Waals surface area contributed by atoms with E-state index in [0.717, 1.165) is 16.8 Å². The van der Waals surface area contributed by atoms with E-state index in [0.29, 0.717) is 16.3 Å². The Morgan fingerprint density at radius 3 is 2.55 bits per heavy atom. The minimum atomic E-state index is -1.66. The molecular weight excluding hydrogens is 561 g/mol. The monoisotopic (exact) mass is 580 g/mol. The van der Waals surface area contributed by atoms with Crippen molar-refractivity contribution in [3.63, 3.8) is 0 Å². The number of aliphatic carboxylic acids is 1. The molecule has 0 radical (unpaired) electrons. The van der Waals surface area contributed by atoms with Crippen molar-refractivity contribution in [2.24, 2.45) is 0 Å². The first-order valence-corrected chi connectivity index (χ1v) is 12.1. The first kappa shape index (κ1) is 27.7. The second-order valence-electron chi connectivity index (χ2n) is 8.81. The summed E-state index contributed by atoms with van der Waals surface area (Å²) >= 11 is 6.14. The Morgan fingerprint density at radius 1 is 1.12 bits per heavy atom. The Labute approximate surface area is 228 Å². The molecule has 0 unspecified atom stereocenters. The van der Waals surface area contributed by atoms with Gasteiger partial charge in [0.15, 0.2) is 23.7 Å². The van der Waals surface area contributed by atoms with E-state index in [9.17, 15) is 33.3 Å². The first-order valence-electron chi connectivity index (χ1n) is 11.7. The number of carboxylic acid groups (broad SMARTS) is 1. The first-order chi connectivity index (χ1) is 19.2. The van der Waals surface area contributed by atoms with Crippen molar-refractivity contribution < 1.29 is 42.8 Å². The molecule has 1 aliphatic heterocycles. The van der Waals surface area contributed by atoms with Crippen molar-refractivity contribution in [1.82, 2.24) is 30.0 Å². The molecule has 0 spiro atoms. The number of aliphatic hydroxyl groups is 2. The minimum absolute atomic E-state index is 0.0917. The van der Waals surface area contributed by atoms with Crippen molar-refractivity contribution in [1.29, 1.82) is 0 Å². The molecule has 5 rings (SSSR count). The van der Waals surface area contributed by atoms with Gasteiger partial charge in [-0.05, 0) is 24.3 Å². The number of nitrogens with zero attached hydrogens (tertiary/aromatic N) is 6. The number of aromatic nitrogens is 6. The molecule has 16 heteroatoms. The van der Waals surface area contributed by atoms with Crippen molar-refractivity contribution >= 4 is 17.6 Å². The number of aliphatic hydroxyl groups excluding tert-OH is 2. The van der Waals surface area contributed by atoms with Gasteiger partial charge < -0.3 is 24.8 Å². The van der Waals surface area contributed by atoms with Crippen LogP contribution in [0.5, 0.6) is 0 Å². The molecule has 4 aromatic rings. The molecule has 0 aliphatic carbocycles. The quantitative estimate of drug-likeness (QED) is 0.264. The molecule has 40 heavy (non-hydrogen) atoms. The fourth-order valence-electron chi connectivity index (χ4n) is 4.47. The van der Waals surface area contributed by atoms with Crippen molar-refractivity contribution in [2.45, 2.75) is 30.6 Å². The SMILES string of the molecule is O=C(O)CO[C@@H]1[C@@H](n2cc(-c3cc(F)c(F)c(F)c3)nn2)[C@@H](O)[C@@H](CO)O[C@H]1n1nncc1-c1cccc(Cl)c1. The highest BCUT2D eigenvalue weighted by molar-refractivity contribution is 6.30. The molecule has 3 N–H and O–H groups in total. The lowest BCUT2D eigenvalue weighted by molar-refractivity contribution is -0.245. The fraction of sp³-hybridized carbons (Fsp3) is 0.292. The van der Waals surface area contributed by atoms with E-state index in [-0.39, 0.29) is 11.3 Å². The van der Waals surface area contributed by atoms with E-state index in [1.54, 1.807) is 24.3 Å². The molecule has 210 valence electrons. The van der Waals surface area contributed by atoms with Gasteiger partial charge in [-0.3, -0.25) is 0 Å². The molecule has 0 amide bonds. The summed E-state index contributed by atoms with van der Waals surface area (Å²) in [6.07, 6.45) is -2.77. The Morgan fingerprint density at radius 2 is 1.88 bits per heavy atom. The summed E-state index contributed by atoms with van der Waals surface area (Å²) in [5.74, 6) is -5.88. The van der Waals surface area contributed by atoms with Crippen LogP contribution in [0, 0.1) is 17.5 Å². The third kappa shape index (κ3) is 5.29. The minimum Gasteiger partial charge on any atom is -0.480 e. The summed E-state index contributed by atoms with van der Waals surface area (Å²) in [5.41, 5.74) is 0.720. The van der Waals surface area contributed by atoms with Gasteiger partial charge in [-0.15, -0.1) is 10.2 Å². The van der Waals surface area contributed by atoms with Crippen LogP contribution in [-0.2, 0) is 14.3 Å². The van der Waals surface area contributed by atoms with E-state index >= 15 is 0 Å². The average Bonchev–Trinajstić information content (AvgIpc) is 3.61. The highest BCUT2D eigenvalue weighted by Gasteiger charge is 2.49. The topological polar surface area (TPSA) is 158 Å². The van der Waals surface area contributed by atoms with E-state index in [1.165, 1.54) is 17.1 Å². The van der Waals surface area contributed by atoms with Crippen LogP contribution in [0.4, 0.5) is 13.2 Å². The largest absolute Gasteiger partial charge is 0.480 e. The van der Waals surface area contributed by atoms with Gasteiger partial charge in [-0.1, -0.05) is 34.2 Å². The molecule has 2 aromatic heterocycles. The molecule has 1 fully saturated rings. The third-order valence-electron chi connectivity index (χ3n) is 6.27. The lowest BCUT2D eigenvalue weighted by Gasteiger charge is -2.43. The molecule has 1 saturated heterocycles. The summed E-state index contributed by atoms with van der Waals surface area (Å²) in [7, 11) is 0. The van der Waals surface area contributed by atoms with Crippen LogP contribution in [0.3, 0.4) is 0 Å². The highest BCUT2D eigenvalue weighted by Crippen LogP contribution is 2.39. The maximum Gasteiger partial charge on any atom is 0.329 e. The maximum absolute atomic E-state index is 13.8. The van der Waals surface area contributed by atoms with Crippen LogP contribution >= 0.6 is 11.6 Å². The van der Waals surface area contributed by atoms with Crippen molar-refractivity contribution in [3.05, 3.63) is 71.3 Å². The number of halogens is 4. The predicted octanol–water partition coefficient (Wildman–Crippen LogP) is 2.24. The van der Waals surface area contributed by atoms with E-state index in [4.69, 9.17) is 21.1 Å². The van der Waals surface area contributed by atoms with Crippen LogP contribution in [0.1, 0.15) is 12.3 Å². The van der Waals surface area contributed by atoms with Gasteiger partial charge in [-0.25, -0.2) is 27.3 Å².